The summed E-state index contributed by atoms with van der Waals surface area (Å²) in [7, 11) is 0. The fourth-order valence-electron chi connectivity index (χ4n) is 7.98. The molecule has 0 radical (unpaired) electrons. The quantitative estimate of drug-likeness (QED) is 0.584. The van der Waals surface area contributed by atoms with Gasteiger partial charge in [0.05, 0.1) is 18.8 Å². The van der Waals surface area contributed by atoms with Crippen molar-refractivity contribution in [1.82, 2.24) is 0 Å². The van der Waals surface area contributed by atoms with Gasteiger partial charge in [-0.1, -0.05) is 46.3 Å². The second kappa shape index (κ2) is 7.82. The Morgan fingerprint density at radius 3 is 2.63 bits per heavy atom. The van der Waals surface area contributed by atoms with Gasteiger partial charge < -0.3 is 9.84 Å². The van der Waals surface area contributed by atoms with Crippen molar-refractivity contribution >= 4 is 0 Å². The molecule has 0 amide bonds. The molecule has 2 heteroatoms. The van der Waals surface area contributed by atoms with Crippen molar-refractivity contribution in [1.29, 1.82) is 0 Å². The summed E-state index contributed by atoms with van der Waals surface area (Å²) >= 11 is 0. The van der Waals surface area contributed by atoms with Gasteiger partial charge in [0.2, 0.25) is 0 Å². The highest BCUT2D eigenvalue weighted by molar-refractivity contribution is 5.10. The number of rotatable bonds is 1. The van der Waals surface area contributed by atoms with Gasteiger partial charge in [0.1, 0.15) is 0 Å². The van der Waals surface area contributed by atoms with E-state index in [1.54, 1.807) is 0 Å². The molecule has 1 aliphatic heterocycles. The summed E-state index contributed by atoms with van der Waals surface area (Å²) in [5, 5.41) is 10.2. The van der Waals surface area contributed by atoms with Gasteiger partial charge in [-0.05, 0) is 91.8 Å². The highest BCUT2D eigenvalue weighted by Gasteiger charge is 2.61. The minimum Gasteiger partial charge on any atom is -0.393 e. The van der Waals surface area contributed by atoms with Gasteiger partial charge >= 0.3 is 0 Å². The first-order valence-electron chi connectivity index (χ1n) is 11.9. The molecule has 2 nitrogen and oxygen atoms in total. The molecule has 10 atom stereocenters. The molecule has 0 bridgehead atoms. The van der Waals surface area contributed by atoms with E-state index < -0.39 is 0 Å². The summed E-state index contributed by atoms with van der Waals surface area (Å²) in [5.41, 5.74) is 0.469. The summed E-state index contributed by atoms with van der Waals surface area (Å²) in [4.78, 5) is 0. The van der Waals surface area contributed by atoms with E-state index in [9.17, 15) is 5.11 Å². The van der Waals surface area contributed by atoms with E-state index in [1.807, 2.05) is 0 Å². The van der Waals surface area contributed by atoms with E-state index in [-0.39, 0.29) is 6.10 Å². The molecule has 4 rings (SSSR count). The Morgan fingerprint density at radius 2 is 1.85 bits per heavy atom. The van der Waals surface area contributed by atoms with Crippen LogP contribution in [-0.2, 0) is 4.74 Å². The largest absolute Gasteiger partial charge is 0.393 e. The van der Waals surface area contributed by atoms with E-state index in [1.165, 1.54) is 38.5 Å². The van der Waals surface area contributed by atoms with E-state index in [4.69, 9.17) is 4.74 Å². The summed E-state index contributed by atoms with van der Waals surface area (Å²) in [5.74, 6) is 5.53. The molecule has 3 aliphatic carbocycles. The molecule has 1 N–H and O–H groups in total. The number of ether oxygens (including phenoxy) is 1. The molecule has 154 valence electrons. The lowest BCUT2D eigenvalue weighted by Gasteiger charge is -2.53. The molecule has 0 aromatic heterocycles. The summed E-state index contributed by atoms with van der Waals surface area (Å²) in [6, 6.07) is 0. The first-order valence-corrected chi connectivity index (χ1v) is 11.9. The first kappa shape index (κ1) is 20.0. The van der Waals surface area contributed by atoms with Gasteiger partial charge in [-0.15, -0.1) is 0 Å². The standard InChI is InChI=1S/C25H42O2/c1-5-18-15-27-23-14-22-21-9-7-6-8-19(26)11-10-16(2)20(21)12-13-25(22,4)24(23)17(18)3/h6-7,16-24,26H,5,8-15H2,1-4H3. The van der Waals surface area contributed by atoms with Crippen LogP contribution in [0, 0.1) is 46.8 Å². The number of allylic oxidation sites excluding steroid dienone is 1. The van der Waals surface area contributed by atoms with Crippen LogP contribution in [0.25, 0.3) is 0 Å². The second-order valence-corrected chi connectivity index (χ2v) is 10.8. The Hall–Kier alpha value is -0.340. The van der Waals surface area contributed by atoms with E-state index in [0.29, 0.717) is 11.5 Å². The van der Waals surface area contributed by atoms with Crippen molar-refractivity contribution in [2.24, 2.45) is 46.8 Å². The van der Waals surface area contributed by atoms with Crippen molar-refractivity contribution in [3.8, 4) is 0 Å². The Morgan fingerprint density at radius 1 is 1.07 bits per heavy atom. The zero-order chi connectivity index (χ0) is 19.2. The van der Waals surface area contributed by atoms with Crippen LogP contribution in [-0.4, -0.2) is 23.9 Å². The first-order chi connectivity index (χ1) is 13.0. The summed E-state index contributed by atoms with van der Waals surface area (Å²) in [6.45, 7) is 11.0. The predicted molar refractivity (Wildman–Crippen MR) is 111 cm³/mol. The third-order valence-electron chi connectivity index (χ3n) is 9.61. The van der Waals surface area contributed by atoms with Gasteiger partial charge in [-0.2, -0.15) is 0 Å². The molecule has 1 heterocycles. The SMILES string of the molecule is CCC1COC2CC3C4CC=CCC(O)CCC(C)C4CCC3(C)C2C1C. The van der Waals surface area contributed by atoms with E-state index in [0.717, 1.165) is 60.9 Å². The van der Waals surface area contributed by atoms with Gasteiger partial charge in [-0.25, -0.2) is 0 Å². The Labute approximate surface area is 167 Å². The maximum absolute atomic E-state index is 10.2. The molecular weight excluding hydrogens is 332 g/mol. The molecule has 4 aliphatic rings. The van der Waals surface area contributed by atoms with Gasteiger partial charge in [0.15, 0.2) is 0 Å². The second-order valence-electron chi connectivity index (χ2n) is 10.8. The maximum atomic E-state index is 10.2. The number of hydrogen-bond donors (Lipinski definition) is 1. The lowest BCUT2D eigenvalue weighted by Crippen LogP contribution is -2.48. The monoisotopic (exact) mass is 374 g/mol. The molecule has 10 unspecified atom stereocenters. The molecular formula is C25H42O2. The van der Waals surface area contributed by atoms with E-state index >= 15 is 0 Å². The average Bonchev–Trinajstić information content (AvgIpc) is 2.96. The minimum absolute atomic E-state index is 0.135. The molecule has 1 saturated heterocycles. The third kappa shape index (κ3) is 3.44. The van der Waals surface area contributed by atoms with Crippen LogP contribution >= 0.6 is 0 Å². The lowest BCUT2D eigenvalue weighted by atomic mass is 9.53. The number of aliphatic hydroxyl groups excluding tert-OH is 1. The summed E-state index contributed by atoms with van der Waals surface area (Å²) < 4.78 is 6.50. The molecule has 0 aromatic carbocycles. The fraction of sp³-hybridized carbons (Fsp3) is 0.920. The highest BCUT2D eigenvalue weighted by Crippen LogP contribution is 2.65. The zero-order valence-electron chi connectivity index (χ0n) is 18.1. The number of fused-ring (bicyclic) bond motifs is 5. The maximum Gasteiger partial charge on any atom is 0.0614 e. The topological polar surface area (TPSA) is 29.5 Å². The van der Waals surface area contributed by atoms with Gasteiger partial charge in [0.25, 0.3) is 0 Å². The van der Waals surface area contributed by atoms with Crippen molar-refractivity contribution in [3.05, 3.63) is 12.2 Å². The van der Waals surface area contributed by atoms with Crippen LogP contribution in [0.4, 0.5) is 0 Å². The average molecular weight is 375 g/mol. The third-order valence-corrected chi connectivity index (χ3v) is 9.61. The van der Waals surface area contributed by atoms with Crippen molar-refractivity contribution < 1.29 is 9.84 Å². The van der Waals surface area contributed by atoms with Crippen molar-refractivity contribution in [2.75, 3.05) is 6.61 Å². The Bertz CT molecular complexity index is 542. The predicted octanol–water partition coefficient (Wildman–Crippen LogP) is 5.84. The smallest absolute Gasteiger partial charge is 0.0614 e. The van der Waals surface area contributed by atoms with Crippen LogP contribution in [0.3, 0.4) is 0 Å². The number of aliphatic hydroxyl groups is 1. The van der Waals surface area contributed by atoms with Crippen LogP contribution < -0.4 is 0 Å². The summed E-state index contributed by atoms with van der Waals surface area (Å²) in [6.07, 6.45) is 14.6. The van der Waals surface area contributed by atoms with Crippen LogP contribution in [0.1, 0.15) is 79.1 Å². The molecule has 3 fully saturated rings. The molecule has 0 spiro atoms. The fourth-order valence-corrected chi connectivity index (χ4v) is 7.98. The highest BCUT2D eigenvalue weighted by atomic mass is 16.5. The zero-order valence-corrected chi connectivity index (χ0v) is 18.1. The Kier molecular flexibility index (Phi) is 5.78. The molecule has 27 heavy (non-hydrogen) atoms. The number of hydrogen-bond acceptors (Lipinski definition) is 2. The Balaban J connectivity index is 1.61. The van der Waals surface area contributed by atoms with Gasteiger partial charge in [-0.3, -0.25) is 0 Å². The van der Waals surface area contributed by atoms with E-state index in [2.05, 4.69) is 39.8 Å². The molecule has 0 aromatic rings. The lowest BCUT2D eigenvalue weighted by molar-refractivity contribution is -0.109. The van der Waals surface area contributed by atoms with Gasteiger partial charge in [0, 0.05) is 0 Å². The van der Waals surface area contributed by atoms with Crippen molar-refractivity contribution in [3.63, 3.8) is 0 Å². The van der Waals surface area contributed by atoms with Crippen LogP contribution in [0.2, 0.25) is 0 Å². The van der Waals surface area contributed by atoms with Crippen molar-refractivity contribution in [2.45, 2.75) is 91.3 Å². The van der Waals surface area contributed by atoms with Crippen LogP contribution in [0.15, 0.2) is 12.2 Å². The minimum atomic E-state index is -0.135. The normalized spacial score (nSPS) is 53.3. The molecule has 2 saturated carbocycles. The van der Waals surface area contributed by atoms with Crippen LogP contribution in [0.5, 0.6) is 0 Å².